The monoisotopic (exact) mass is 313 g/mol. The molecular weight excluding hydrogens is 294 g/mol. The summed E-state index contributed by atoms with van der Waals surface area (Å²) in [4.78, 5) is 2.28. The summed E-state index contributed by atoms with van der Waals surface area (Å²) in [6.07, 6.45) is 1.43. The van der Waals surface area contributed by atoms with Crippen LogP contribution in [0.15, 0.2) is 28.7 Å². The van der Waals surface area contributed by atoms with E-state index in [0.29, 0.717) is 6.04 Å². The molecule has 0 amide bonds. The maximum Gasteiger partial charge on any atom is 0.0813 e. The molecule has 100 valence electrons. The molecule has 1 N–H and O–H groups in total. The molecular formula is C14H20BrNO2. The number of benzene rings is 1. The van der Waals surface area contributed by atoms with Crippen molar-refractivity contribution in [3.05, 3.63) is 34.3 Å². The molecule has 4 heteroatoms. The van der Waals surface area contributed by atoms with Crippen LogP contribution >= 0.6 is 15.9 Å². The zero-order valence-corrected chi connectivity index (χ0v) is 12.3. The van der Waals surface area contributed by atoms with Crippen LogP contribution in [0.1, 0.15) is 24.5 Å². The van der Waals surface area contributed by atoms with Gasteiger partial charge in [0, 0.05) is 23.7 Å². The molecule has 2 rings (SSSR count). The van der Waals surface area contributed by atoms with Crippen molar-refractivity contribution in [2.45, 2.75) is 25.0 Å². The number of rotatable bonds is 5. The van der Waals surface area contributed by atoms with E-state index in [2.05, 4.69) is 27.9 Å². The first kappa shape index (κ1) is 14.0. The first-order chi connectivity index (χ1) is 8.68. The van der Waals surface area contributed by atoms with Gasteiger partial charge in [-0.05, 0) is 31.5 Å². The lowest BCUT2D eigenvalue weighted by Gasteiger charge is -2.24. The van der Waals surface area contributed by atoms with Gasteiger partial charge in [-0.1, -0.05) is 34.1 Å². The van der Waals surface area contributed by atoms with Gasteiger partial charge in [0.15, 0.2) is 0 Å². The van der Waals surface area contributed by atoms with Crippen LogP contribution in [0.5, 0.6) is 0 Å². The average molecular weight is 314 g/mol. The molecule has 1 aliphatic heterocycles. The van der Waals surface area contributed by atoms with Gasteiger partial charge in [-0.3, -0.25) is 0 Å². The predicted molar refractivity (Wildman–Crippen MR) is 75.6 cm³/mol. The minimum Gasteiger partial charge on any atom is -0.388 e. The molecule has 2 atom stereocenters. The van der Waals surface area contributed by atoms with Crippen molar-refractivity contribution in [2.24, 2.45) is 0 Å². The third-order valence-corrected chi connectivity index (χ3v) is 4.27. The van der Waals surface area contributed by atoms with Crippen LogP contribution in [0.25, 0.3) is 0 Å². The van der Waals surface area contributed by atoms with E-state index in [-0.39, 0.29) is 0 Å². The molecule has 0 saturated carbocycles. The molecule has 0 aliphatic carbocycles. The van der Waals surface area contributed by atoms with Gasteiger partial charge in [-0.2, -0.15) is 0 Å². The Morgan fingerprint density at radius 3 is 2.94 bits per heavy atom. The van der Waals surface area contributed by atoms with E-state index in [1.54, 1.807) is 0 Å². The van der Waals surface area contributed by atoms with Crippen LogP contribution in [-0.2, 0) is 4.74 Å². The van der Waals surface area contributed by atoms with E-state index >= 15 is 0 Å². The molecule has 1 aromatic carbocycles. The molecule has 1 fully saturated rings. The van der Waals surface area contributed by atoms with Gasteiger partial charge in [0.1, 0.15) is 0 Å². The Bertz CT molecular complexity index is 380. The highest BCUT2D eigenvalue weighted by molar-refractivity contribution is 9.10. The van der Waals surface area contributed by atoms with Crippen molar-refractivity contribution >= 4 is 15.9 Å². The van der Waals surface area contributed by atoms with E-state index in [4.69, 9.17) is 4.74 Å². The summed E-state index contributed by atoms with van der Waals surface area (Å²) >= 11 is 3.48. The summed E-state index contributed by atoms with van der Waals surface area (Å²) in [5.41, 5.74) is 0.966. The van der Waals surface area contributed by atoms with Gasteiger partial charge in [0.05, 0.1) is 12.7 Å². The van der Waals surface area contributed by atoms with E-state index in [9.17, 15) is 5.11 Å². The summed E-state index contributed by atoms with van der Waals surface area (Å²) in [6.45, 7) is 2.57. The first-order valence-corrected chi connectivity index (χ1v) is 7.18. The Hall–Kier alpha value is -0.420. The average Bonchev–Trinajstić information content (AvgIpc) is 2.90. The Morgan fingerprint density at radius 1 is 1.50 bits per heavy atom. The van der Waals surface area contributed by atoms with E-state index in [1.807, 2.05) is 24.3 Å². The second kappa shape index (κ2) is 6.66. The fraction of sp³-hybridized carbons (Fsp3) is 0.571. The zero-order valence-electron chi connectivity index (χ0n) is 10.7. The van der Waals surface area contributed by atoms with Crippen LogP contribution in [0.4, 0.5) is 0 Å². The van der Waals surface area contributed by atoms with Crippen molar-refractivity contribution in [2.75, 3.05) is 26.8 Å². The summed E-state index contributed by atoms with van der Waals surface area (Å²) in [7, 11) is 2.10. The van der Waals surface area contributed by atoms with Crippen molar-refractivity contribution in [3.63, 3.8) is 0 Å². The topological polar surface area (TPSA) is 32.7 Å². The van der Waals surface area contributed by atoms with Gasteiger partial charge in [-0.15, -0.1) is 0 Å². The van der Waals surface area contributed by atoms with Gasteiger partial charge in [-0.25, -0.2) is 0 Å². The molecule has 1 aliphatic rings. The Balaban J connectivity index is 1.84. The quantitative estimate of drug-likeness (QED) is 0.907. The number of nitrogens with zero attached hydrogens (tertiary/aromatic N) is 1. The highest BCUT2D eigenvalue weighted by atomic mass is 79.9. The van der Waals surface area contributed by atoms with Crippen molar-refractivity contribution in [3.8, 4) is 0 Å². The molecule has 1 aromatic rings. The standard InChI is InChI=1S/C14H20BrNO2/c1-16(11-7-9-18-10-11)8-6-14(17)12-4-2-3-5-13(12)15/h2-5,11,14,17H,6-10H2,1H3. The highest BCUT2D eigenvalue weighted by Crippen LogP contribution is 2.25. The largest absolute Gasteiger partial charge is 0.388 e. The number of ether oxygens (including phenoxy) is 1. The lowest BCUT2D eigenvalue weighted by molar-refractivity contribution is 0.124. The maximum absolute atomic E-state index is 10.2. The normalized spacial score (nSPS) is 21.4. The van der Waals surface area contributed by atoms with Crippen LogP contribution in [0.3, 0.4) is 0 Å². The van der Waals surface area contributed by atoms with E-state index < -0.39 is 6.10 Å². The van der Waals surface area contributed by atoms with Crippen molar-refractivity contribution < 1.29 is 9.84 Å². The second-order valence-electron chi connectivity index (χ2n) is 4.82. The molecule has 18 heavy (non-hydrogen) atoms. The molecule has 0 aromatic heterocycles. The molecule has 3 nitrogen and oxygen atoms in total. The Labute approximate surface area is 117 Å². The third-order valence-electron chi connectivity index (χ3n) is 3.55. The molecule has 1 saturated heterocycles. The number of aliphatic hydroxyl groups is 1. The van der Waals surface area contributed by atoms with E-state index in [1.165, 1.54) is 0 Å². The maximum atomic E-state index is 10.2. The SMILES string of the molecule is CN(CCC(O)c1ccccc1Br)C1CCOC1. The van der Waals surface area contributed by atoms with E-state index in [0.717, 1.165) is 42.6 Å². The lowest BCUT2D eigenvalue weighted by Crippen LogP contribution is -2.33. The number of likely N-dealkylation sites (N-methyl/N-ethyl adjacent to an activating group) is 1. The zero-order chi connectivity index (χ0) is 13.0. The third kappa shape index (κ3) is 3.54. The van der Waals surface area contributed by atoms with Gasteiger partial charge >= 0.3 is 0 Å². The van der Waals surface area contributed by atoms with Crippen LogP contribution in [0.2, 0.25) is 0 Å². The highest BCUT2D eigenvalue weighted by Gasteiger charge is 2.21. The van der Waals surface area contributed by atoms with Crippen molar-refractivity contribution in [1.82, 2.24) is 4.90 Å². The smallest absolute Gasteiger partial charge is 0.0813 e. The van der Waals surface area contributed by atoms with Crippen molar-refractivity contribution in [1.29, 1.82) is 0 Å². The number of aliphatic hydroxyl groups excluding tert-OH is 1. The van der Waals surface area contributed by atoms with Gasteiger partial charge in [0.2, 0.25) is 0 Å². The number of halogens is 1. The first-order valence-electron chi connectivity index (χ1n) is 6.39. The summed E-state index contributed by atoms with van der Waals surface area (Å²) in [5.74, 6) is 0. The Kier molecular flexibility index (Phi) is 5.18. The summed E-state index contributed by atoms with van der Waals surface area (Å²) in [5, 5.41) is 10.2. The lowest BCUT2D eigenvalue weighted by atomic mass is 10.1. The van der Waals surface area contributed by atoms with Crippen LogP contribution in [-0.4, -0.2) is 42.9 Å². The molecule has 0 bridgehead atoms. The predicted octanol–water partition coefficient (Wildman–Crippen LogP) is 2.59. The molecule has 0 radical (unpaired) electrons. The van der Waals surface area contributed by atoms with Gasteiger partial charge < -0.3 is 14.7 Å². The fourth-order valence-corrected chi connectivity index (χ4v) is 2.83. The van der Waals surface area contributed by atoms with Crippen LogP contribution in [0, 0.1) is 0 Å². The minimum absolute atomic E-state index is 0.412. The number of hydrogen-bond acceptors (Lipinski definition) is 3. The summed E-state index contributed by atoms with van der Waals surface area (Å²) in [6, 6.07) is 8.36. The molecule has 0 spiro atoms. The molecule has 2 unspecified atom stereocenters. The van der Waals surface area contributed by atoms with Gasteiger partial charge in [0.25, 0.3) is 0 Å². The number of hydrogen-bond donors (Lipinski definition) is 1. The fourth-order valence-electron chi connectivity index (χ4n) is 2.28. The molecule has 1 heterocycles. The summed E-state index contributed by atoms with van der Waals surface area (Å²) < 4.78 is 6.35. The second-order valence-corrected chi connectivity index (χ2v) is 5.68. The van der Waals surface area contributed by atoms with Crippen LogP contribution < -0.4 is 0 Å². The Morgan fingerprint density at radius 2 is 2.28 bits per heavy atom. The minimum atomic E-state index is -0.412.